The Morgan fingerprint density at radius 1 is 1.63 bits per heavy atom. The molecule has 1 atom stereocenters. The standard InChI is InChI=1S/C13H18ClNO3S/c1-9(10-6-12(14)19-8-10)15-4-2-11(3-5-15)18-7-13(16)17/h6,8-9,11H,2-5,7H2,1H3,(H,16,17). The minimum atomic E-state index is -0.899. The maximum Gasteiger partial charge on any atom is 0.329 e. The smallest absolute Gasteiger partial charge is 0.329 e. The summed E-state index contributed by atoms with van der Waals surface area (Å²) in [6, 6.07) is 2.37. The fraction of sp³-hybridized carbons (Fsp3) is 0.615. The quantitative estimate of drug-likeness (QED) is 0.908. The third-order valence-electron chi connectivity index (χ3n) is 3.54. The third kappa shape index (κ3) is 4.18. The van der Waals surface area contributed by atoms with Crippen molar-refractivity contribution in [3.63, 3.8) is 0 Å². The fourth-order valence-corrected chi connectivity index (χ4v) is 3.35. The van der Waals surface area contributed by atoms with Crippen LogP contribution in [0.3, 0.4) is 0 Å². The van der Waals surface area contributed by atoms with E-state index in [0.29, 0.717) is 6.04 Å². The zero-order valence-corrected chi connectivity index (χ0v) is 12.4. The number of carboxylic acids is 1. The topological polar surface area (TPSA) is 49.8 Å². The predicted octanol–water partition coefficient (Wildman–Crippen LogP) is 3.03. The first kappa shape index (κ1) is 14.8. The van der Waals surface area contributed by atoms with Gasteiger partial charge in [0.1, 0.15) is 6.61 Å². The molecule has 0 bridgehead atoms. The lowest BCUT2D eigenvalue weighted by atomic mass is 10.0. The Kier molecular flexibility index (Phi) is 5.21. The van der Waals surface area contributed by atoms with Crippen molar-refractivity contribution < 1.29 is 14.6 Å². The van der Waals surface area contributed by atoms with E-state index in [4.69, 9.17) is 21.4 Å². The van der Waals surface area contributed by atoms with Gasteiger partial charge in [-0.05, 0) is 36.8 Å². The summed E-state index contributed by atoms with van der Waals surface area (Å²) in [5, 5.41) is 10.7. The first-order valence-corrected chi connectivity index (χ1v) is 7.63. The summed E-state index contributed by atoms with van der Waals surface area (Å²) in [6.07, 6.45) is 1.84. The molecule has 0 aliphatic carbocycles. The molecule has 0 radical (unpaired) electrons. The Balaban J connectivity index is 1.81. The first-order valence-electron chi connectivity index (χ1n) is 6.37. The highest BCUT2D eigenvalue weighted by molar-refractivity contribution is 7.14. The van der Waals surface area contributed by atoms with Crippen molar-refractivity contribution in [2.75, 3.05) is 19.7 Å². The van der Waals surface area contributed by atoms with Gasteiger partial charge in [0.2, 0.25) is 0 Å². The van der Waals surface area contributed by atoms with Crippen LogP contribution in [0.25, 0.3) is 0 Å². The van der Waals surface area contributed by atoms with Gasteiger partial charge in [-0.25, -0.2) is 4.79 Å². The van der Waals surface area contributed by atoms with E-state index in [1.165, 1.54) is 5.56 Å². The molecule has 1 aromatic heterocycles. The molecule has 1 fully saturated rings. The van der Waals surface area contributed by atoms with Gasteiger partial charge in [-0.3, -0.25) is 4.90 Å². The summed E-state index contributed by atoms with van der Waals surface area (Å²) in [7, 11) is 0. The Labute approximate surface area is 121 Å². The molecule has 1 aliphatic rings. The van der Waals surface area contributed by atoms with Crippen LogP contribution in [0.2, 0.25) is 4.34 Å². The lowest BCUT2D eigenvalue weighted by Crippen LogP contribution is -2.38. The molecule has 2 heterocycles. The number of nitrogens with zero attached hydrogens (tertiary/aromatic N) is 1. The molecule has 2 rings (SSSR count). The van der Waals surface area contributed by atoms with Crippen molar-refractivity contribution in [2.45, 2.75) is 31.9 Å². The first-order chi connectivity index (χ1) is 9.06. The van der Waals surface area contributed by atoms with Crippen molar-refractivity contribution in [3.8, 4) is 0 Å². The van der Waals surface area contributed by atoms with Gasteiger partial charge in [0.15, 0.2) is 0 Å². The number of aliphatic carboxylic acids is 1. The van der Waals surface area contributed by atoms with Crippen molar-refractivity contribution in [3.05, 3.63) is 21.3 Å². The molecule has 1 saturated heterocycles. The van der Waals surface area contributed by atoms with Gasteiger partial charge < -0.3 is 9.84 Å². The molecule has 1 unspecified atom stereocenters. The number of piperidine rings is 1. The molecule has 0 amide bonds. The number of thiophene rings is 1. The second-order valence-electron chi connectivity index (χ2n) is 4.80. The van der Waals surface area contributed by atoms with E-state index in [9.17, 15) is 4.79 Å². The molecular formula is C13H18ClNO3S. The van der Waals surface area contributed by atoms with Gasteiger partial charge in [-0.2, -0.15) is 0 Å². The van der Waals surface area contributed by atoms with Gasteiger partial charge in [0.25, 0.3) is 0 Å². The Morgan fingerprint density at radius 3 is 2.84 bits per heavy atom. The monoisotopic (exact) mass is 303 g/mol. The molecule has 4 nitrogen and oxygen atoms in total. The molecule has 1 N–H and O–H groups in total. The van der Waals surface area contributed by atoms with Crippen LogP contribution in [0.4, 0.5) is 0 Å². The summed E-state index contributed by atoms with van der Waals surface area (Å²) in [5.74, 6) is -0.899. The van der Waals surface area contributed by atoms with Crippen LogP contribution < -0.4 is 0 Å². The van der Waals surface area contributed by atoms with E-state index in [0.717, 1.165) is 30.3 Å². The highest BCUT2D eigenvalue weighted by Gasteiger charge is 2.24. The van der Waals surface area contributed by atoms with Gasteiger partial charge in [0.05, 0.1) is 10.4 Å². The van der Waals surface area contributed by atoms with Crippen molar-refractivity contribution in [2.24, 2.45) is 0 Å². The normalized spacial score (nSPS) is 19.5. The molecule has 0 spiro atoms. The Bertz CT molecular complexity index is 429. The maximum absolute atomic E-state index is 10.5. The van der Waals surface area contributed by atoms with Crippen LogP contribution in [0.5, 0.6) is 0 Å². The Morgan fingerprint density at radius 2 is 2.32 bits per heavy atom. The zero-order valence-electron chi connectivity index (χ0n) is 10.8. The lowest BCUT2D eigenvalue weighted by Gasteiger charge is -2.35. The lowest BCUT2D eigenvalue weighted by molar-refractivity contribution is -0.145. The van der Waals surface area contributed by atoms with E-state index < -0.39 is 5.97 Å². The highest BCUT2D eigenvalue weighted by atomic mass is 35.5. The molecule has 0 saturated carbocycles. The largest absolute Gasteiger partial charge is 0.480 e. The number of likely N-dealkylation sites (tertiary alicyclic amines) is 1. The summed E-state index contributed by atoms with van der Waals surface area (Å²) in [5.41, 5.74) is 1.25. The number of hydrogen-bond donors (Lipinski definition) is 1. The van der Waals surface area contributed by atoms with Crippen molar-refractivity contribution in [1.29, 1.82) is 0 Å². The van der Waals surface area contributed by atoms with Crippen LogP contribution >= 0.6 is 22.9 Å². The second-order valence-corrected chi connectivity index (χ2v) is 6.34. The summed E-state index contributed by atoms with van der Waals surface area (Å²) in [4.78, 5) is 12.8. The van der Waals surface area contributed by atoms with Crippen LogP contribution in [0.1, 0.15) is 31.4 Å². The average Bonchev–Trinajstić information content (AvgIpc) is 2.83. The van der Waals surface area contributed by atoms with E-state index in [2.05, 4.69) is 17.2 Å². The van der Waals surface area contributed by atoms with E-state index in [1.54, 1.807) is 11.3 Å². The van der Waals surface area contributed by atoms with E-state index >= 15 is 0 Å². The SMILES string of the molecule is CC(c1csc(Cl)c1)N1CCC(OCC(=O)O)CC1. The van der Waals surface area contributed by atoms with Gasteiger partial charge in [-0.1, -0.05) is 11.6 Å². The predicted molar refractivity (Wildman–Crippen MR) is 75.9 cm³/mol. The minimum absolute atomic E-state index is 0.0746. The molecule has 19 heavy (non-hydrogen) atoms. The van der Waals surface area contributed by atoms with Gasteiger partial charge >= 0.3 is 5.97 Å². The third-order valence-corrected chi connectivity index (χ3v) is 4.65. The van der Waals surface area contributed by atoms with E-state index in [1.807, 2.05) is 6.07 Å². The number of carboxylic acid groups (broad SMARTS) is 1. The zero-order chi connectivity index (χ0) is 13.8. The molecule has 106 valence electrons. The number of carbonyl (C=O) groups is 1. The highest BCUT2D eigenvalue weighted by Crippen LogP contribution is 2.30. The van der Waals surface area contributed by atoms with Crippen LogP contribution in [0, 0.1) is 0 Å². The summed E-state index contributed by atoms with van der Waals surface area (Å²) < 4.78 is 6.16. The number of rotatable bonds is 5. The van der Waals surface area contributed by atoms with Crippen LogP contribution in [0.15, 0.2) is 11.4 Å². The Hall–Kier alpha value is -0.620. The van der Waals surface area contributed by atoms with Crippen LogP contribution in [-0.4, -0.2) is 41.8 Å². The second kappa shape index (κ2) is 6.70. The van der Waals surface area contributed by atoms with Crippen molar-refractivity contribution >= 4 is 28.9 Å². The number of ether oxygens (including phenoxy) is 1. The number of halogens is 1. The van der Waals surface area contributed by atoms with Crippen LogP contribution in [-0.2, 0) is 9.53 Å². The summed E-state index contributed by atoms with van der Waals surface area (Å²) >= 11 is 7.52. The molecule has 6 heteroatoms. The molecular weight excluding hydrogens is 286 g/mol. The summed E-state index contributed by atoms with van der Waals surface area (Å²) in [6.45, 7) is 3.84. The minimum Gasteiger partial charge on any atom is -0.480 e. The molecule has 1 aliphatic heterocycles. The fourth-order valence-electron chi connectivity index (χ4n) is 2.37. The van der Waals surface area contributed by atoms with E-state index in [-0.39, 0.29) is 12.7 Å². The maximum atomic E-state index is 10.5. The average molecular weight is 304 g/mol. The molecule has 0 aromatic carbocycles. The number of hydrogen-bond acceptors (Lipinski definition) is 4. The van der Waals surface area contributed by atoms with Gasteiger partial charge in [0, 0.05) is 19.1 Å². The van der Waals surface area contributed by atoms with Gasteiger partial charge in [-0.15, -0.1) is 11.3 Å². The van der Waals surface area contributed by atoms with Crippen molar-refractivity contribution in [1.82, 2.24) is 4.90 Å². The molecule has 1 aromatic rings.